The molecule has 0 aromatic rings. The lowest BCUT2D eigenvalue weighted by atomic mass is 10.1. The van der Waals surface area contributed by atoms with Crippen LogP contribution >= 0.6 is 21.6 Å². The summed E-state index contributed by atoms with van der Waals surface area (Å²) in [6.45, 7) is 16.5. The highest BCUT2D eigenvalue weighted by atomic mass is 33.1. The van der Waals surface area contributed by atoms with E-state index in [1.54, 1.807) is 83.9 Å². The molecule has 0 spiro atoms. The molecule has 0 radical (unpaired) electrons. The van der Waals surface area contributed by atoms with Crippen LogP contribution in [0.15, 0.2) is 4.99 Å². The van der Waals surface area contributed by atoms with Gasteiger partial charge in [0, 0.05) is 31.1 Å². The van der Waals surface area contributed by atoms with E-state index in [2.05, 4.69) is 26.3 Å². The minimum Gasteiger partial charge on any atom is -0.444 e. The van der Waals surface area contributed by atoms with E-state index in [-0.39, 0.29) is 24.8 Å². The minimum atomic E-state index is -0.882. The summed E-state index contributed by atoms with van der Waals surface area (Å²) in [5.74, 6) is 0.959. The number of nitrogens with two attached hydrogens (primary N) is 1. The minimum absolute atomic E-state index is 0.103. The molecule has 0 aliphatic heterocycles. The SMILES string of the molecule is CC(C)(C)OC(=O)NC(=NCCCC(NC(=O)OC(C)(C)C)C(=O)NCCSSCCN)NC(=O)OC(C)(C)C. The van der Waals surface area contributed by atoms with Crippen molar-refractivity contribution in [3.8, 4) is 0 Å². The Morgan fingerprint density at radius 3 is 1.73 bits per heavy atom. The third kappa shape index (κ3) is 22.4. The van der Waals surface area contributed by atoms with E-state index >= 15 is 0 Å². The molecular weight excluding hydrogens is 560 g/mol. The van der Waals surface area contributed by atoms with Crippen LogP contribution in [0.2, 0.25) is 0 Å². The van der Waals surface area contributed by atoms with Crippen molar-refractivity contribution in [2.24, 2.45) is 10.7 Å². The van der Waals surface area contributed by atoms with Crippen LogP contribution in [0.3, 0.4) is 0 Å². The molecule has 6 N–H and O–H groups in total. The van der Waals surface area contributed by atoms with Crippen molar-refractivity contribution in [3.05, 3.63) is 0 Å². The molecule has 13 nitrogen and oxygen atoms in total. The van der Waals surface area contributed by atoms with E-state index in [9.17, 15) is 19.2 Å². The molecule has 0 aromatic heterocycles. The van der Waals surface area contributed by atoms with Gasteiger partial charge in [-0.3, -0.25) is 20.4 Å². The Bertz CT molecular complexity index is 820. The lowest BCUT2D eigenvalue weighted by Gasteiger charge is -2.23. The molecule has 0 aliphatic rings. The third-order valence-corrected chi connectivity index (χ3v) is 6.38. The Balaban J connectivity index is 5.33. The molecule has 1 atom stereocenters. The molecule has 232 valence electrons. The Morgan fingerprint density at radius 2 is 1.25 bits per heavy atom. The Kier molecular flexibility index (Phi) is 17.0. The first-order valence-corrected chi connectivity index (χ1v) is 15.6. The van der Waals surface area contributed by atoms with E-state index < -0.39 is 41.1 Å². The van der Waals surface area contributed by atoms with Crippen LogP contribution in [-0.4, -0.2) is 84.1 Å². The topological polar surface area (TPSA) is 182 Å². The van der Waals surface area contributed by atoms with Gasteiger partial charge in [-0.1, -0.05) is 21.6 Å². The zero-order valence-corrected chi connectivity index (χ0v) is 26.9. The van der Waals surface area contributed by atoms with Crippen LogP contribution in [-0.2, 0) is 19.0 Å². The first-order valence-electron chi connectivity index (χ1n) is 13.1. The van der Waals surface area contributed by atoms with E-state index in [4.69, 9.17) is 19.9 Å². The highest BCUT2D eigenvalue weighted by molar-refractivity contribution is 8.76. The molecule has 1 unspecified atom stereocenters. The largest absolute Gasteiger partial charge is 0.444 e. The predicted octanol–water partition coefficient (Wildman–Crippen LogP) is 3.52. The van der Waals surface area contributed by atoms with Gasteiger partial charge in [-0.05, 0) is 75.2 Å². The maximum Gasteiger partial charge on any atom is 0.414 e. The number of carbonyl (C=O) groups is 4. The summed E-state index contributed by atoms with van der Waals surface area (Å²) >= 11 is 0. The van der Waals surface area contributed by atoms with Crippen LogP contribution in [0, 0.1) is 0 Å². The number of guanidine groups is 1. The maximum atomic E-state index is 12.8. The number of hydrogen-bond acceptors (Lipinski definition) is 11. The second-order valence-corrected chi connectivity index (χ2v) is 14.3. The van der Waals surface area contributed by atoms with Crippen LogP contribution in [0.25, 0.3) is 0 Å². The lowest BCUT2D eigenvalue weighted by molar-refractivity contribution is -0.123. The molecule has 0 aliphatic carbocycles. The molecule has 0 aromatic carbocycles. The van der Waals surface area contributed by atoms with Gasteiger partial charge in [0.2, 0.25) is 11.9 Å². The summed E-state index contributed by atoms with van der Waals surface area (Å²) < 4.78 is 15.8. The average molecular weight is 609 g/mol. The van der Waals surface area contributed by atoms with E-state index in [0.29, 0.717) is 25.3 Å². The van der Waals surface area contributed by atoms with Gasteiger partial charge in [-0.2, -0.15) is 0 Å². The van der Waals surface area contributed by atoms with Crippen LogP contribution in [0.5, 0.6) is 0 Å². The predicted molar refractivity (Wildman–Crippen MR) is 160 cm³/mol. The van der Waals surface area contributed by atoms with Gasteiger partial charge in [0.15, 0.2) is 0 Å². The molecule has 40 heavy (non-hydrogen) atoms. The summed E-state index contributed by atoms with van der Waals surface area (Å²) in [5, 5.41) is 10.2. The van der Waals surface area contributed by atoms with Crippen LogP contribution in [0.1, 0.15) is 75.2 Å². The van der Waals surface area contributed by atoms with Crippen molar-refractivity contribution in [3.63, 3.8) is 0 Å². The zero-order valence-electron chi connectivity index (χ0n) is 25.2. The first kappa shape index (κ1) is 37.6. The smallest absolute Gasteiger partial charge is 0.414 e. The van der Waals surface area contributed by atoms with Gasteiger partial charge in [0.05, 0.1) is 0 Å². The lowest BCUT2D eigenvalue weighted by Crippen LogP contribution is -2.48. The highest BCUT2D eigenvalue weighted by Crippen LogP contribution is 2.19. The molecule has 0 heterocycles. The molecule has 0 fully saturated rings. The normalized spacial score (nSPS) is 12.4. The summed E-state index contributed by atoms with van der Waals surface area (Å²) in [4.78, 5) is 53.9. The maximum absolute atomic E-state index is 12.8. The van der Waals surface area contributed by atoms with Gasteiger partial charge >= 0.3 is 18.3 Å². The van der Waals surface area contributed by atoms with Crippen molar-refractivity contribution in [1.82, 2.24) is 21.3 Å². The number of nitrogens with zero attached hydrogens (tertiary/aromatic N) is 1. The van der Waals surface area contributed by atoms with Crippen molar-refractivity contribution < 1.29 is 33.4 Å². The molecule has 0 saturated heterocycles. The van der Waals surface area contributed by atoms with Crippen molar-refractivity contribution in [1.29, 1.82) is 0 Å². The summed E-state index contributed by atoms with van der Waals surface area (Å²) in [6.07, 6.45) is -1.80. The average Bonchev–Trinajstić information content (AvgIpc) is 2.73. The Morgan fingerprint density at radius 1 is 0.775 bits per heavy atom. The van der Waals surface area contributed by atoms with Crippen LogP contribution < -0.4 is 27.0 Å². The van der Waals surface area contributed by atoms with Crippen molar-refractivity contribution in [2.75, 3.05) is 31.1 Å². The molecule has 0 saturated carbocycles. The number of alkyl carbamates (subject to hydrolysis) is 3. The molecular formula is C25H48N6O7S2. The standard InChI is InChI=1S/C25H48N6O7S2/c1-23(2,3)36-20(33)29-17(18(32)27-14-16-40-39-15-12-26)11-10-13-28-19(30-21(34)37-24(4,5)6)31-22(35)38-25(7,8)9/h17H,10-16,26H2,1-9H3,(H,27,32)(H,29,33)(H2,28,30,31,34,35). The monoisotopic (exact) mass is 608 g/mol. The number of carbonyl (C=O) groups excluding carboxylic acids is 4. The van der Waals surface area contributed by atoms with E-state index in [1.165, 1.54) is 0 Å². The van der Waals surface area contributed by atoms with Crippen molar-refractivity contribution in [2.45, 2.75) is 98.0 Å². The van der Waals surface area contributed by atoms with Crippen molar-refractivity contribution >= 4 is 51.7 Å². The first-order chi connectivity index (χ1) is 18.3. The second kappa shape index (κ2) is 18.1. The fourth-order valence-corrected chi connectivity index (χ4v) is 4.38. The summed E-state index contributed by atoms with van der Waals surface area (Å²) in [5.41, 5.74) is 3.21. The van der Waals surface area contributed by atoms with Gasteiger partial charge in [-0.25, -0.2) is 14.4 Å². The van der Waals surface area contributed by atoms with Gasteiger partial charge < -0.3 is 30.6 Å². The fourth-order valence-electron chi connectivity index (χ4n) is 2.62. The second-order valence-electron chi connectivity index (χ2n) is 11.5. The van der Waals surface area contributed by atoms with E-state index in [1.807, 2.05) is 0 Å². The quantitative estimate of drug-likeness (QED) is 0.0722. The zero-order chi connectivity index (χ0) is 31.0. The molecule has 15 heteroatoms. The van der Waals surface area contributed by atoms with Gasteiger partial charge in [0.1, 0.15) is 22.8 Å². The van der Waals surface area contributed by atoms with Crippen LogP contribution in [0.4, 0.5) is 14.4 Å². The summed E-state index contributed by atoms with van der Waals surface area (Å²) in [7, 11) is 3.22. The van der Waals surface area contributed by atoms with Gasteiger partial charge in [-0.15, -0.1) is 0 Å². The number of ether oxygens (including phenoxy) is 3. The Labute approximate surface area is 246 Å². The summed E-state index contributed by atoms with van der Waals surface area (Å²) in [6, 6.07) is -0.882. The number of rotatable bonds is 12. The number of amides is 4. The number of aliphatic imine (C=N–C) groups is 1. The third-order valence-electron chi connectivity index (χ3n) is 3.94. The highest BCUT2D eigenvalue weighted by Gasteiger charge is 2.25. The molecule has 0 rings (SSSR count). The van der Waals surface area contributed by atoms with Gasteiger partial charge in [0.25, 0.3) is 0 Å². The fraction of sp³-hybridized carbons (Fsp3) is 0.800. The number of hydrogen-bond donors (Lipinski definition) is 5. The molecule has 0 bridgehead atoms. The Hall–Kier alpha value is -2.39. The van der Waals surface area contributed by atoms with E-state index in [0.717, 1.165) is 5.75 Å². The molecule has 4 amide bonds. The number of nitrogens with one attached hydrogen (secondary N) is 4.